The molecule has 2 atom stereocenters. The zero-order valence-corrected chi connectivity index (χ0v) is 13.7. The average Bonchev–Trinajstić information content (AvgIpc) is 3.05. The van der Waals surface area contributed by atoms with E-state index < -0.39 is 12.0 Å². The van der Waals surface area contributed by atoms with E-state index >= 15 is 0 Å². The lowest BCUT2D eigenvalue weighted by Gasteiger charge is -2.32. The second-order valence-corrected chi connectivity index (χ2v) is 6.82. The summed E-state index contributed by atoms with van der Waals surface area (Å²) >= 11 is 0. The van der Waals surface area contributed by atoms with Gasteiger partial charge in [-0.2, -0.15) is 4.98 Å². The third kappa shape index (κ3) is 4.09. The van der Waals surface area contributed by atoms with Crippen molar-refractivity contribution in [3.63, 3.8) is 0 Å². The minimum absolute atomic E-state index is 0.151. The molecule has 0 radical (unpaired) electrons. The fourth-order valence-corrected chi connectivity index (χ4v) is 3.52. The number of carbonyl (C=O) groups is 1. The van der Waals surface area contributed by atoms with Gasteiger partial charge in [-0.05, 0) is 26.3 Å². The molecule has 2 aliphatic rings. The van der Waals surface area contributed by atoms with Crippen molar-refractivity contribution < 1.29 is 14.4 Å². The summed E-state index contributed by atoms with van der Waals surface area (Å²) in [5, 5.41) is 16.9. The topological polar surface area (TPSA) is 91.5 Å². The van der Waals surface area contributed by atoms with Gasteiger partial charge in [-0.1, -0.05) is 24.4 Å². The monoisotopic (exact) mass is 322 g/mol. The smallest absolute Gasteiger partial charge is 0.246 e. The van der Waals surface area contributed by atoms with Gasteiger partial charge >= 0.3 is 0 Å². The lowest BCUT2D eigenvalue weighted by molar-refractivity contribution is -0.131. The molecular weight excluding hydrogens is 296 g/mol. The maximum atomic E-state index is 12.2. The minimum atomic E-state index is -0.577. The highest BCUT2D eigenvalue weighted by Gasteiger charge is 2.32. The van der Waals surface area contributed by atoms with E-state index in [2.05, 4.69) is 20.4 Å². The van der Waals surface area contributed by atoms with Gasteiger partial charge in [0.05, 0.1) is 18.6 Å². The Morgan fingerprint density at radius 3 is 2.91 bits per heavy atom. The predicted molar refractivity (Wildman–Crippen MR) is 83.6 cm³/mol. The Hall–Kier alpha value is -1.47. The summed E-state index contributed by atoms with van der Waals surface area (Å²) in [7, 11) is 1.96. The van der Waals surface area contributed by atoms with Gasteiger partial charge in [-0.25, -0.2) is 0 Å². The van der Waals surface area contributed by atoms with Crippen LogP contribution < -0.4 is 5.32 Å². The van der Waals surface area contributed by atoms with Crippen molar-refractivity contribution in [2.45, 2.75) is 57.1 Å². The largest absolute Gasteiger partial charge is 0.392 e. The fraction of sp³-hybridized carbons (Fsp3) is 0.812. The number of aromatic nitrogens is 2. The molecule has 1 saturated carbocycles. The quantitative estimate of drug-likeness (QED) is 0.861. The van der Waals surface area contributed by atoms with E-state index in [-0.39, 0.29) is 12.5 Å². The highest BCUT2D eigenvalue weighted by molar-refractivity contribution is 5.79. The number of nitrogens with one attached hydrogen (secondary N) is 1. The van der Waals surface area contributed by atoms with Crippen LogP contribution in [0, 0.1) is 5.92 Å². The van der Waals surface area contributed by atoms with Gasteiger partial charge in [0.1, 0.15) is 0 Å². The Balaban J connectivity index is 1.51. The number of amides is 1. The van der Waals surface area contributed by atoms with Crippen molar-refractivity contribution in [3.05, 3.63) is 11.7 Å². The van der Waals surface area contributed by atoms with E-state index in [1.54, 1.807) is 0 Å². The summed E-state index contributed by atoms with van der Waals surface area (Å²) in [6, 6.07) is 0. The lowest BCUT2D eigenvalue weighted by Crippen LogP contribution is -2.48. The molecule has 0 spiro atoms. The van der Waals surface area contributed by atoms with E-state index in [9.17, 15) is 9.90 Å². The first kappa shape index (κ1) is 16.4. The second-order valence-electron chi connectivity index (χ2n) is 6.82. The highest BCUT2D eigenvalue weighted by Crippen LogP contribution is 2.30. The molecule has 7 nitrogen and oxygen atoms in total. The van der Waals surface area contributed by atoms with Crippen LogP contribution in [-0.2, 0) is 11.3 Å². The molecule has 1 saturated heterocycles. The number of carbonyl (C=O) groups excluding carboxylic acids is 1. The number of hydrogen-bond acceptors (Lipinski definition) is 6. The first-order chi connectivity index (χ1) is 11.1. The van der Waals surface area contributed by atoms with E-state index in [1.165, 1.54) is 19.3 Å². The number of nitrogens with zero attached hydrogens (tertiary/aromatic N) is 3. The molecule has 1 aliphatic heterocycles. The van der Waals surface area contributed by atoms with Crippen molar-refractivity contribution in [2.24, 2.45) is 5.92 Å². The molecule has 1 aliphatic carbocycles. The van der Waals surface area contributed by atoms with Crippen molar-refractivity contribution >= 4 is 5.91 Å². The van der Waals surface area contributed by atoms with Crippen LogP contribution in [0.5, 0.6) is 0 Å². The van der Waals surface area contributed by atoms with Crippen LogP contribution >= 0.6 is 0 Å². The minimum Gasteiger partial charge on any atom is -0.392 e. The van der Waals surface area contributed by atoms with Gasteiger partial charge in [0.25, 0.3) is 0 Å². The third-order valence-corrected chi connectivity index (χ3v) is 4.98. The van der Waals surface area contributed by atoms with Crippen molar-refractivity contribution in [1.29, 1.82) is 0 Å². The number of piperidine rings is 1. The zero-order chi connectivity index (χ0) is 16.2. The van der Waals surface area contributed by atoms with Crippen LogP contribution in [0.3, 0.4) is 0 Å². The van der Waals surface area contributed by atoms with Gasteiger partial charge in [0.15, 0.2) is 5.82 Å². The second kappa shape index (κ2) is 7.40. The normalized spacial score (nSPS) is 27.0. The van der Waals surface area contributed by atoms with E-state index in [0.717, 1.165) is 25.2 Å². The van der Waals surface area contributed by atoms with Crippen LogP contribution in [-0.4, -0.2) is 52.3 Å². The first-order valence-corrected chi connectivity index (χ1v) is 8.60. The van der Waals surface area contributed by atoms with Gasteiger partial charge in [-0.15, -0.1) is 0 Å². The van der Waals surface area contributed by atoms with Crippen LogP contribution in [0.25, 0.3) is 0 Å². The van der Waals surface area contributed by atoms with Gasteiger partial charge in [0.2, 0.25) is 11.8 Å². The Morgan fingerprint density at radius 1 is 1.35 bits per heavy atom. The third-order valence-electron chi connectivity index (χ3n) is 4.98. The van der Waals surface area contributed by atoms with E-state index in [1.807, 2.05) is 7.05 Å². The summed E-state index contributed by atoms with van der Waals surface area (Å²) < 4.78 is 5.25. The molecular formula is C16H26N4O3. The maximum Gasteiger partial charge on any atom is 0.246 e. The van der Waals surface area contributed by atoms with Gasteiger partial charge < -0.3 is 19.8 Å². The SMILES string of the molecule is CN1CC[C@H](O)[C@H](C(=O)NCc2nc(C3CCCCC3)no2)C1. The number of aliphatic hydroxyl groups is 1. The Morgan fingerprint density at radius 2 is 2.13 bits per heavy atom. The molecule has 23 heavy (non-hydrogen) atoms. The molecule has 128 valence electrons. The Labute approximate surface area is 136 Å². The first-order valence-electron chi connectivity index (χ1n) is 8.60. The van der Waals surface area contributed by atoms with Crippen molar-refractivity contribution in [3.8, 4) is 0 Å². The van der Waals surface area contributed by atoms with Crippen LogP contribution in [0.4, 0.5) is 0 Å². The molecule has 3 rings (SSSR count). The molecule has 7 heteroatoms. The number of rotatable bonds is 4. The van der Waals surface area contributed by atoms with Crippen LogP contribution in [0.15, 0.2) is 4.52 Å². The maximum absolute atomic E-state index is 12.2. The fourth-order valence-electron chi connectivity index (χ4n) is 3.52. The van der Waals surface area contributed by atoms with Crippen molar-refractivity contribution in [1.82, 2.24) is 20.4 Å². The zero-order valence-electron chi connectivity index (χ0n) is 13.7. The van der Waals surface area contributed by atoms with E-state index in [4.69, 9.17) is 4.52 Å². The predicted octanol–water partition coefficient (Wildman–Crippen LogP) is 1.05. The van der Waals surface area contributed by atoms with Gasteiger partial charge in [-0.3, -0.25) is 4.79 Å². The van der Waals surface area contributed by atoms with E-state index in [0.29, 0.717) is 24.8 Å². The molecule has 1 amide bonds. The van der Waals surface area contributed by atoms with Crippen LogP contribution in [0.2, 0.25) is 0 Å². The lowest BCUT2D eigenvalue weighted by atomic mass is 9.89. The Kier molecular flexibility index (Phi) is 5.27. The summed E-state index contributed by atoms with van der Waals surface area (Å²) in [6.45, 7) is 1.62. The number of hydrogen-bond donors (Lipinski definition) is 2. The molecule has 2 heterocycles. The summed E-state index contributed by atoms with van der Waals surface area (Å²) in [4.78, 5) is 18.7. The molecule has 0 unspecified atom stereocenters. The molecule has 1 aromatic heterocycles. The standard InChI is InChI=1S/C16H26N4O3/c1-20-8-7-13(21)12(10-20)16(22)17-9-14-18-15(19-23-14)11-5-3-2-4-6-11/h11-13,21H,2-10H2,1H3,(H,17,22)/t12-,13+/m1/s1. The average molecular weight is 322 g/mol. The summed E-state index contributed by atoms with van der Waals surface area (Å²) in [5.74, 6) is 1.06. The highest BCUT2D eigenvalue weighted by atomic mass is 16.5. The molecule has 2 N–H and O–H groups in total. The van der Waals surface area contributed by atoms with Crippen LogP contribution in [0.1, 0.15) is 56.2 Å². The molecule has 2 fully saturated rings. The molecule has 0 bridgehead atoms. The summed E-state index contributed by atoms with van der Waals surface area (Å²) in [5.41, 5.74) is 0. The van der Waals surface area contributed by atoms with Gasteiger partial charge in [0, 0.05) is 19.0 Å². The number of aliphatic hydroxyl groups excluding tert-OH is 1. The molecule has 0 aromatic carbocycles. The summed E-state index contributed by atoms with van der Waals surface area (Å²) in [6.07, 6.45) is 6.01. The number of likely N-dealkylation sites (tertiary alicyclic amines) is 1. The molecule has 1 aromatic rings. The Bertz CT molecular complexity index is 527. The van der Waals surface area contributed by atoms with Crippen molar-refractivity contribution in [2.75, 3.05) is 20.1 Å².